The van der Waals surface area contributed by atoms with Crippen molar-refractivity contribution in [2.24, 2.45) is 10.2 Å². The van der Waals surface area contributed by atoms with E-state index in [-0.39, 0.29) is 23.0 Å². The molecule has 142 valence electrons. The molecule has 0 aliphatic heterocycles. The van der Waals surface area contributed by atoms with Crippen molar-refractivity contribution in [2.45, 2.75) is 11.4 Å². The Balaban J connectivity index is 1.83. The number of aromatic hydroxyl groups is 1. The van der Waals surface area contributed by atoms with Crippen molar-refractivity contribution in [1.29, 1.82) is 0 Å². The highest BCUT2D eigenvalue weighted by Gasteiger charge is 2.16. The lowest BCUT2D eigenvalue weighted by atomic mass is 10.2. The second kappa shape index (κ2) is 7.54. The number of carbonyl (C=O) groups is 1. The fraction of sp³-hybridized carbons (Fsp3) is 0.105. The van der Waals surface area contributed by atoms with Gasteiger partial charge in [0.05, 0.1) is 17.0 Å². The van der Waals surface area contributed by atoms with Gasteiger partial charge in [0, 0.05) is 17.3 Å². The van der Waals surface area contributed by atoms with Crippen LogP contribution in [-0.2, 0) is 16.4 Å². The summed E-state index contributed by atoms with van der Waals surface area (Å²) in [4.78, 5) is 12.2. The Kier molecular flexibility index (Phi) is 5.15. The van der Waals surface area contributed by atoms with Crippen LogP contribution in [0.5, 0.6) is 5.88 Å². The number of terminal acetylenes is 1. The molecule has 9 heteroatoms. The first-order valence-electron chi connectivity index (χ1n) is 8.08. The maximum Gasteiger partial charge on any atom is 0.364 e. The van der Waals surface area contributed by atoms with Gasteiger partial charge in [0.1, 0.15) is 0 Å². The number of hydrogen-bond acceptors (Lipinski definition) is 5. The summed E-state index contributed by atoms with van der Waals surface area (Å²) in [7, 11) is -3.32. The maximum absolute atomic E-state index is 12.0. The SMILES string of the molecule is C#CCn1c(O)c(N=NC(=O)Nc2ccc(S(C)(=O)=O)cc2)c2ccccc21. The average molecular weight is 396 g/mol. The summed E-state index contributed by atoms with van der Waals surface area (Å²) in [5, 5.41) is 20.9. The van der Waals surface area contributed by atoms with Gasteiger partial charge in [-0.2, -0.15) is 0 Å². The molecule has 2 aromatic carbocycles. The van der Waals surface area contributed by atoms with Gasteiger partial charge in [-0.25, -0.2) is 13.2 Å². The molecule has 0 spiro atoms. The Morgan fingerprint density at radius 2 is 1.89 bits per heavy atom. The van der Waals surface area contributed by atoms with E-state index >= 15 is 0 Å². The lowest BCUT2D eigenvalue weighted by Gasteiger charge is -2.02. The van der Waals surface area contributed by atoms with E-state index < -0.39 is 15.9 Å². The molecule has 1 aromatic heterocycles. The quantitative estimate of drug-likeness (QED) is 0.517. The molecule has 2 amide bonds. The smallest absolute Gasteiger partial charge is 0.364 e. The standard InChI is InChI=1S/C19H16N4O4S/c1-3-12-23-16-7-5-4-6-15(16)17(18(23)24)21-22-19(25)20-13-8-10-14(11-9-13)28(2,26)27/h1,4-11,24H,12H2,2H3,(H,20,25). The summed E-state index contributed by atoms with van der Waals surface area (Å²) in [5.74, 6) is 2.26. The number of anilines is 1. The number of rotatable bonds is 4. The predicted octanol–water partition coefficient (Wildman–Crippen LogP) is 3.70. The van der Waals surface area contributed by atoms with E-state index in [1.807, 2.05) is 0 Å². The highest BCUT2D eigenvalue weighted by Crippen LogP contribution is 2.38. The van der Waals surface area contributed by atoms with Crippen molar-refractivity contribution in [3.63, 3.8) is 0 Å². The van der Waals surface area contributed by atoms with Gasteiger partial charge in [0.2, 0.25) is 5.88 Å². The molecule has 0 atom stereocenters. The molecule has 0 unspecified atom stereocenters. The van der Waals surface area contributed by atoms with Crippen LogP contribution >= 0.6 is 0 Å². The normalized spacial score (nSPS) is 11.6. The van der Waals surface area contributed by atoms with E-state index in [2.05, 4.69) is 21.5 Å². The molecule has 1 heterocycles. The molecule has 0 radical (unpaired) electrons. The zero-order valence-corrected chi connectivity index (χ0v) is 15.6. The highest BCUT2D eigenvalue weighted by atomic mass is 32.2. The lowest BCUT2D eigenvalue weighted by molar-refractivity contribution is 0.258. The van der Waals surface area contributed by atoms with Gasteiger partial charge in [0.25, 0.3) is 0 Å². The molecule has 0 saturated carbocycles. The summed E-state index contributed by atoms with van der Waals surface area (Å²) in [6.45, 7) is 0.140. The number of aromatic nitrogens is 1. The number of sulfone groups is 1. The minimum atomic E-state index is -3.32. The third-order valence-electron chi connectivity index (χ3n) is 3.94. The second-order valence-electron chi connectivity index (χ2n) is 5.91. The molecule has 28 heavy (non-hydrogen) atoms. The number of nitrogens with zero attached hydrogens (tertiary/aromatic N) is 3. The van der Waals surface area contributed by atoms with Crippen LogP contribution in [0.3, 0.4) is 0 Å². The third kappa shape index (κ3) is 3.87. The first kappa shape index (κ1) is 19.1. The fourth-order valence-electron chi connectivity index (χ4n) is 2.65. The number of hydrogen-bond donors (Lipinski definition) is 2. The molecule has 8 nitrogen and oxygen atoms in total. The van der Waals surface area contributed by atoms with Crippen LogP contribution in [0.2, 0.25) is 0 Å². The fourth-order valence-corrected chi connectivity index (χ4v) is 3.28. The predicted molar refractivity (Wildman–Crippen MR) is 106 cm³/mol. The van der Waals surface area contributed by atoms with Crippen molar-refractivity contribution >= 4 is 38.1 Å². The number of nitrogens with one attached hydrogen (secondary N) is 1. The van der Waals surface area contributed by atoms with Gasteiger partial charge in [-0.15, -0.1) is 11.5 Å². The summed E-state index contributed by atoms with van der Waals surface area (Å²) < 4.78 is 24.4. The maximum atomic E-state index is 12.0. The van der Waals surface area contributed by atoms with E-state index in [1.54, 1.807) is 24.3 Å². The van der Waals surface area contributed by atoms with Crippen LogP contribution in [0.1, 0.15) is 0 Å². The molecule has 0 aliphatic rings. The average Bonchev–Trinajstić information content (AvgIpc) is 2.92. The molecular weight excluding hydrogens is 380 g/mol. The van der Waals surface area contributed by atoms with Crippen LogP contribution in [0.4, 0.5) is 16.2 Å². The van der Waals surface area contributed by atoms with Crippen molar-refractivity contribution in [1.82, 2.24) is 4.57 Å². The van der Waals surface area contributed by atoms with Crippen molar-refractivity contribution in [3.05, 3.63) is 48.5 Å². The van der Waals surface area contributed by atoms with Crippen molar-refractivity contribution in [3.8, 4) is 18.2 Å². The number of urea groups is 1. The summed E-state index contributed by atoms with van der Waals surface area (Å²) in [5.41, 5.74) is 1.16. The number of benzene rings is 2. The molecule has 3 aromatic rings. The molecule has 0 fully saturated rings. The molecule has 0 aliphatic carbocycles. The van der Waals surface area contributed by atoms with Crippen LogP contribution < -0.4 is 5.32 Å². The topological polar surface area (TPSA) is 113 Å². The summed E-state index contributed by atoms with van der Waals surface area (Å²) >= 11 is 0. The number of azo groups is 1. The number of fused-ring (bicyclic) bond motifs is 1. The molecule has 0 saturated heterocycles. The Bertz CT molecular complexity index is 1220. The van der Waals surface area contributed by atoms with Crippen LogP contribution in [0.15, 0.2) is 63.7 Å². The molecule has 0 bridgehead atoms. The number of amides is 2. The Morgan fingerprint density at radius 3 is 2.54 bits per heavy atom. The van der Waals surface area contributed by atoms with Crippen LogP contribution in [-0.4, -0.2) is 30.4 Å². The molecule has 2 N–H and O–H groups in total. The van der Waals surface area contributed by atoms with Crippen molar-refractivity contribution in [2.75, 3.05) is 11.6 Å². The monoisotopic (exact) mass is 396 g/mol. The van der Waals surface area contributed by atoms with Gasteiger partial charge >= 0.3 is 6.03 Å². The zero-order chi connectivity index (χ0) is 20.3. The van der Waals surface area contributed by atoms with E-state index in [0.717, 1.165) is 6.26 Å². The van der Waals surface area contributed by atoms with Gasteiger partial charge in [-0.3, -0.25) is 4.57 Å². The largest absolute Gasteiger partial charge is 0.493 e. The first-order valence-corrected chi connectivity index (χ1v) is 9.97. The van der Waals surface area contributed by atoms with E-state index in [9.17, 15) is 18.3 Å². The molecule has 3 rings (SSSR count). The zero-order valence-electron chi connectivity index (χ0n) is 14.8. The van der Waals surface area contributed by atoms with Gasteiger partial charge in [-0.1, -0.05) is 29.2 Å². The Labute approximate surface area is 161 Å². The minimum absolute atomic E-state index is 0.133. The molecular formula is C19H16N4O4S. The number of para-hydroxylation sites is 1. The Morgan fingerprint density at radius 1 is 1.21 bits per heavy atom. The highest BCUT2D eigenvalue weighted by molar-refractivity contribution is 7.90. The minimum Gasteiger partial charge on any atom is -0.493 e. The van der Waals surface area contributed by atoms with Gasteiger partial charge < -0.3 is 10.4 Å². The second-order valence-corrected chi connectivity index (χ2v) is 7.92. The van der Waals surface area contributed by atoms with E-state index in [1.165, 1.54) is 28.8 Å². The van der Waals surface area contributed by atoms with Gasteiger partial charge in [-0.05, 0) is 30.3 Å². The lowest BCUT2D eigenvalue weighted by Crippen LogP contribution is -2.05. The summed E-state index contributed by atoms with van der Waals surface area (Å²) in [6, 6.07) is 11.9. The van der Waals surface area contributed by atoms with Crippen molar-refractivity contribution < 1.29 is 18.3 Å². The Hall–Kier alpha value is -3.64. The van der Waals surface area contributed by atoms with Crippen LogP contribution in [0.25, 0.3) is 10.9 Å². The van der Waals surface area contributed by atoms with Crippen LogP contribution in [0, 0.1) is 12.3 Å². The first-order chi connectivity index (χ1) is 13.3. The van der Waals surface area contributed by atoms with Gasteiger partial charge in [0.15, 0.2) is 15.5 Å². The van der Waals surface area contributed by atoms with E-state index in [4.69, 9.17) is 6.42 Å². The summed E-state index contributed by atoms with van der Waals surface area (Å²) in [6.07, 6.45) is 6.43. The number of carbonyl (C=O) groups excluding carboxylic acids is 1. The van der Waals surface area contributed by atoms with E-state index in [0.29, 0.717) is 16.6 Å². The third-order valence-corrected chi connectivity index (χ3v) is 5.07.